The third kappa shape index (κ3) is 1.50. The molecule has 1 saturated heterocycles. The number of rotatable bonds is 1. The molecular formula is C7H11NO3. The summed E-state index contributed by atoms with van der Waals surface area (Å²) in [6.07, 6.45) is 0.416. The SMILES string of the molecule is COC(=O)[C@H]1NC(=O)C[C@@H]1C. The molecule has 0 aromatic carbocycles. The van der Waals surface area contributed by atoms with E-state index >= 15 is 0 Å². The normalized spacial score (nSPS) is 29.8. The first-order chi connectivity index (χ1) is 5.15. The lowest BCUT2D eigenvalue weighted by Crippen LogP contribution is -2.37. The summed E-state index contributed by atoms with van der Waals surface area (Å²) < 4.78 is 4.50. The van der Waals surface area contributed by atoms with Crippen LogP contribution in [0.15, 0.2) is 0 Å². The van der Waals surface area contributed by atoms with Gasteiger partial charge in [-0.05, 0) is 5.92 Å². The number of carbonyl (C=O) groups is 2. The largest absolute Gasteiger partial charge is 0.467 e. The zero-order chi connectivity index (χ0) is 8.43. The molecule has 0 bridgehead atoms. The number of amides is 1. The van der Waals surface area contributed by atoms with E-state index in [0.29, 0.717) is 6.42 Å². The quantitative estimate of drug-likeness (QED) is 0.531. The van der Waals surface area contributed by atoms with Gasteiger partial charge >= 0.3 is 5.97 Å². The Balaban J connectivity index is 2.59. The Morgan fingerprint density at radius 3 is 2.73 bits per heavy atom. The second-order valence-electron chi connectivity index (χ2n) is 2.75. The summed E-state index contributed by atoms with van der Waals surface area (Å²) in [4.78, 5) is 21.7. The van der Waals surface area contributed by atoms with Crippen LogP contribution in [0, 0.1) is 5.92 Å². The average molecular weight is 157 g/mol. The van der Waals surface area contributed by atoms with Gasteiger partial charge < -0.3 is 10.1 Å². The lowest BCUT2D eigenvalue weighted by molar-refractivity contribution is -0.144. The molecule has 0 saturated carbocycles. The molecule has 4 heteroatoms. The van der Waals surface area contributed by atoms with Crippen molar-refractivity contribution in [1.82, 2.24) is 5.32 Å². The maximum absolute atomic E-state index is 10.9. The number of carbonyl (C=O) groups excluding carboxylic acids is 2. The summed E-state index contributed by atoms with van der Waals surface area (Å²) >= 11 is 0. The van der Waals surface area contributed by atoms with Gasteiger partial charge in [0.15, 0.2) is 0 Å². The lowest BCUT2D eigenvalue weighted by Gasteiger charge is -2.10. The highest BCUT2D eigenvalue weighted by Crippen LogP contribution is 2.16. The minimum absolute atomic E-state index is 0.0509. The standard InChI is InChI=1S/C7H11NO3/c1-4-3-5(9)8-6(4)7(10)11-2/h4,6H,3H2,1-2H3,(H,8,9)/t4-,6-/m0/s1. The van der Waals surface area contributed by atoms with Crippen LogP contribution in [0.1, 0.15) is 13.3 Å². The topological polar surface area (TPSA) is 55.4 Å². The minimum Gasteiger partial charge on any atom is -0.467 e. The summed E-state index contributed by atoms with van der Waals surface area (Å²) in [5.41, 5.74) is 0. The molecular weight excluding hydrogens is 146 g/mol. The van der Waals surface area contributed by atoms with Crippen molar-refractivity contribution in [3.05, 3.63) is 0 Å². The van der Waals surface area contributed by atoms with E-state index in [1.807, 2.05) is 6.92 Å². The summed E-state index contributed by atoms with van der Waals surface area (Å²) in [6, 6.07) is -0.438. The molecule has 0 unspecified atom stereocenters. The molecule has 1 aliphatic rings. The van der Waals surface area contributed by atoms with Crippen LogP contribution in [0.4, 0.5) is 0 Å². The Morgan fingerprint density at radius 2 is 2.36 bits per heavy atom. The van der Waals surface area contributed by atoms with E-state index in [0.717, 1.165) is 0 Å². The van der Waals surface area contributed by atoms with Crippen LogP contribution in [0.3, 0.4) is 0 Å². The molecule has 11 heavy (non-hydrogen) atoms. The molecule has 1 aliphatic heterocycles. The first-order valence-corrected chi connectivity index (χ1v) is 3.52. The second-order valence-corrected chi connectivity index (χ2v) is 2.75. The molecule has 0 aliphatic carbocycles. The van der Waals surface area contributed by atoms with E-state index in [9.17, 15) is 9.59 Å². The molecule has 0 aromatic heterocycles. The van der Waals surface area contributed by atoms with Gasteiger partial charge in [-0.3, -0.25) is 4.79 Å². The van der Waals surface area contributed by atoms with Crippen molar-refractivity contribution in [3.8, 4) is 0 Å². The Labute approximate surface area is 64.9 Å². The van der Waals surface area contributed by atoms with Gasteiger partial charge in [-0.1, -0.05) is 6.92 Å². The number of ether oxygens (including phenoxy) is 1. The maximum atomic E-state index is 10.9. The molecule has 1 rings (SSSR count). The summed E-state index contributed by atoms with van der Waals surface area (Å²) in [7, 11) is 1.32. The Morgan fingerprint density at radius 1 is 1.73 bits per heavy atom. The van der Waals surface area contributed by atoms with Crippen LogP contribution in [0.25, 0.3) is 0 Å². The highest BCUT2D eigenvalue weighted by Gasteiger charge is 2.34. The fourth-order valence-electron chi connectivity index (χ4n) is 1.20. The second kappa shape index (κ2) is 2.90. The van der Waals surface area contributed by atoms with Gasteiger partial charge in [0.05, 0.1) is 7.11 Å². The van der Waals surface area contributed by atoms with E-state index in [-0.39, 0.29) is 17.8 Å². The van der Waals surface area contributed by atoms with Gasteiger partial charge in [0.1, 0.15) is 6.04 Å². The monoisotopic (exact) mass is 157 g/mol. The van der Waals surface area contributed by atoms with Gasteiger partial charge in [0, 0.05) is 6.42 Å². The summed E-state index contributed by atoms with van der Waals surface area (Å²) in [5, 5.41) is 2.54. The lowest BCUT2D eigenvalue weighted by atomic mass is 10.0. The molecule has 62 valence electrons. The zero-order valence-corrected chi connectivity index (χ0v) is 6.59. The number of hydrogen-bond acceptors (Lipinski definition) is 3. The molecule has 0 aromatic rings. The zero-order valence-electron chi connectivity index (χ0n) is 6.59. The van der Waals surface area contributed by atoms with E-state index in [1.165, 1.54) is 7.11 Å². The molecule has 0 radical (unpaired) electrons. The average Bonchev–Trinajstić information content (AvgIpc) is 2.28. The fourth-order valence-corrected chi connectivity index (χ4v) is 1.20. The summed E-state index contributed by atoms with van der Waals surface area (Å²) in [5.74, 6) is -0.383. The van der Waals surface area contributed by atoms with Crippen LogP contribution < -0.4 is 5.32 Å². The predicted molar refractivity (Wildman–Crippen MR) is 37.7 cm³/mol. The van der Waals surface area contributed by atoms with Crippen molar-refractivity contribution in [2.75, 3.05) is 7.11 Å². The first kappa shape index (κ1) is 8.04. The van der Waals surface area contributed by atoms with Crippen molar-refractivity contribution in [1.29, 1.82) is 0 Å². The third-order valence-corrected chi connectivity index (χ3v) is 1.85. The van der Waals surface area contributed by atoms with Gasteiger partial charge in [0.25, 0.3) is 0 Å². The maximum Gasteiger partial charge on any atom is 0.328 e. The van der Waals surface area contributed by atoms with Crippen molar-refractivity contribution >= 4 is 11.9 Å². The molecule has 1 amide bonds. The molecule has 1 fully saturated rings. The Kier molecular flexibility index (Phi) is 2.12. The predicted octanol–water partition coefficient (Wildman–Crippen LogP) is -0.316. The van der Waals surface area contributed by atoms with E-state index < -0.39 is 6.04 Å². The van der Waals surface area contributed by atoms with E-state index in [4.69, 9.17) is 0 Å². The highest BCUT2D eigenvalue weighted by molar-refractivity contribution is 5.88. The van der Waals surface area contributed by atoms with Crippen molar-refractivity contribution < 1.29 is 14.3 Å². The molecule has 1 N–H and O–H groups in total. The number of nitrogens with one attached hydrogen (secondary N) is 1. The summed E-state index contributed by atoms with van der Waals surface area (Å²) in [6.45, 7) is 1.85. The third-order valence-electron chi connectivity index (χ3n) is 1.85. The van der Waals surface area contributed by atoms with Crippen molar-refractivity contribution in [3.63, 3.8) is 0 Å². The number of hydrogen-bond donors (Lipinski definition) is 1. The van der Waals surface area contributed by atoms with Crippen LogP contribution in [0.5, 0.6) is 0 Å². The van der Waals surface area contributed by atoms with E-state index in [1.54, 1.807) is 0 Å². The van der Waals surface area contributed by atoms with Gasteiger partial charge in [0.2, 0.25) is 5.91 Å². The van der Waals surface area contributed by atoms with Crippen LogP contribution in [-0.2, 0) is 14.3 Å². The van der Waals surface area contributed by atoms with Gasteiger partial charge in [-0.25, -0.2) is 4.79 Å². The van der Waals surface area contributed by atoms with Crippen LogP contribution >= 0.6 is 0 Å². The molecule has 4 nitrogen and oxygen atoms in total. The van der Waals surface area contributed by atoms with Crippen molar-refractivity contribution in [2.45, 2.75) is 19.4 Å². The fraction of sp³-hybridized carbons (Fsp3) is 0.714. The molecule has 1 heterocycles. The van der Waals surface area contributed by atoms with Gasteiger partial charge in [-0.15, -0.1) is 0 Å². The highest BCUT2D eigenvalue weighted by atomic mass is 16.5. The molecule has 2 atom stereocenters. The Hall–Kier alpha value is -1.06. The van der Waals surface area contributed by atoms with Crippen molar-refractivity contribution in [2.24, 2.45) is 5.92 Å². The number of methoxy groups -OCH3 is 1. The number of esters is 1. The van der Waals surface area contributed by atoms with E-state index in [2.05, 4.69) is 10.1 Å². The van der Waals surface area contributed by atoms with Crippen LogP contribution in [0.2, 0.25) is 0 Å². The van der Waals surface area contributed by atoms with Gasteiger partial charge in [-0.2, -0.15) is 0 Å². The van der Waals surface area contributed by atoms with Crippen LogP contribution in [-0.4, -0.2) is 25.0 Å². The Bertz CT molecular complexity index is 190. The smallest absolute Gasteiger partial charge is 0.328 e. The minimum atomic E-state index is -0.438. The first-order valence-electron chi connectivity index (χ1n) is 3.52. The molecule has 0 spiro atoms.